The molecule has 2 N–H and O–H groups in total. The minimum Gasteiger partial charge on any atom is -0.378 e. The first-order valence-corrected chi connectivity index (χ1v) is 6.44. The Morgan fingerprint density at radius 2 is 1.70 bits per heavy atom. The number of aliphatic hydroxyl groups is 1. The van der Waals surface area contributed by atoms with E-state index in [0.29, 0.717) is 16.7 Å². The molecule has 0 spiro atoms. The number of amides is 1. The van der Waals surface area contributed by atoms with Gasteiger partial charge in [0, 0.05) is 36.5 Å². The molecule has 4 nitrogen and oxygen atoms in total. The van der Waals surface area contributed by atoms with Crippen LogP contribution in [-0.2, 0) is 5.72 Å². The number of carbonyl (C=O) groups is 1. The van der Waals surface area contributed by atoms with Crippen molar-refractivity contribution in [3.05, 3.63) is 65.2 Å². The summed E-state index contributed by atoms with van der Waals surface area (Å²) in [7, 11) is 3.91. The predicted octanol–water partition coefficient (Wildman–Crippen LogP) is 1.69. The third-order valence-corrected chi connectivity index (χ3v) is 3.66. The molecule has 1 heterocycles. The third-order valence-electron chi connectivity index (χ3n) is 3.66. The van der Waals surface area contributed by atoms with Crippen molar-refractivity contribution in [2.75, 3.05) is 19.0 Å². The van der Waals surface area contributed by atoms with Crippen LogP contribution in [0.3, 0.4) is 0 Å². The summed E-state index contributed by atoms with van der Waals surface area (Å²) in [5, 5.41) is 13.5. The van der Waals surface area contributed by atoms with Crippen LogP contribution < -0.4 is 10.2 Å². The highest BCUT2D eigenvalue weighted by atomic mass is 16.3. The second kappa shape index (κ2) is 4.35. The van der Waals surface area contributed by atoms with Crippen LogP contribution in [0.15, 0.2) is 48.5 Å². The first-order chi connectivity index (χ1) is 9.52. The molecule has 20 heavy (non-hydrogen) atoms. The minimum atomic E-state index is -1.45. The fourth-order valence-corrected chi connectivity index (χ4v) is 2.52. The normalized spacial score (nSPS) is 20.4. The van der Waals surface area contributed by atoms with Crippen LogP contribution in [0.5, 0.6) is 0 Å². The Balaban J connectivity index is 2.08. The molecule has 1 atom stereocenters. The number of nitrogens with zero attached hydrogens (tertiary/aromatic N) is 1. The van der Waals surface area contributed by atoms with Crippen molar-refractivity contribution in [3.8, 4) is 0 Å². The highest BCUT2D eigenvalue weighted by Gasteiger charge is 2.42. The van der Waals surface area contributed by atoms with E-state index in [1.807, 2.05) is 49.3 Å². The summed E-state index contributed by atoms with van der Waals surface area (Å²) in [6, 6.07) is 14.6. The van der Waals surface area contributed by atoms with Gasteiger partial charge in [-0.2, -0.15) is 0 Å². The molecule has 0 aliphatic carbocycles. The van der Waals surface area contributed by atoms with Gasteiger partial charge in [0.05, 0.1) is 0 Å². The second-order valence-electron chi connectivity index (χ2n) is 5.15. The van der Waals surface area contributed by atoms with Crippen LogP contribution in [-0.4, -0.2) is 25.1 Å². The number of anilines is 1. The Morgan fingerprint density at radius 1 is 1.05 bits per heavy atom. The van der Waals surface area contributed by atoms with E-state index in [2.05, 4.69) is 5.32 Å². The number of hydrogen-bond acceptors (Lipinski definition) is 3. The summed E-state index contributed by atoms with van der Waals surface area (Å²) in [6.07, 6.45) is 0. The molecule has 3 rings (SSSR count). The Bertz CT molecular complexity index is 664. The molecule has 4 heteroatoms. The van der Waals surface area contributed by atoms with E-state index in [-0.39, 0.29) is 5.91 Å². The van der Waals surface area contributed by atoms with Crippen LogP contribution in [0, 0.1) is 0 Å². The van der Waals surface area contributed by atoms with Gasteiger partial charge in [-0.3, -0.25) is 4.79 Å². The van der Waals surface area contributed by atoms with Gasteiger partial charge in [0.15, 0.2) is 5.72 Å². The fraction of sp³-hybridized carbons (Fsp3) is 0.188. The molecule has 1 aliphatic rings. The SMILES string of the molecule is CN(C)c1ccc(C2(O)NC(=O)c3ccccc32)cc1. The van der Waals surface area contributed by atoms with Gasteiger partial charge < -0.3 is 15.3 Å². The van der Waals surface area contributed by atoms with Gasteiger partial charge in [0.25, 0.3) is 5.91 Å². The van der Waals surface area contributed by atoms with Crippen molar-refractivity contribution in [2.24, 2.45) is 0 Å². The highest BCUT2D eigenvalue weighted by molar-refractivity contribution is 6.00. The van der Waals surface area contributed by atoms with Crippen LogP contribution in [0.1, 0.15) is 21.5 Å². The highest BCUT2D eigenvalue weighted by Crippen LogP contribution is 2.35. The molecular formula is C16H16N2O2. The molecule has 0 bridgehead atoms. The molecule has 102 valence electrons. The van der Waals surface area contributed by atoms with Crippen LogP contribution in [0.4, 0.5) is 5.69 Å². The Morgan fingerprint density at radius 3 is 2.35 bits per heavy atom. The van der Waals surface area contributed by atoms with Crippen LogP contribution >= 0.6 is 0 Å². The van der Waals surface area contributed by atoms with E-state index in [9.17, 15) is 9.90 Å². The monoisotopic (exact) mass is 268 g/mol. The van der Waals surface area contributed by atoms with Crippen molar-refractivity contribution < 1.29 is 9.90 Å². The molecular weight excluding hydrogens is 252 g/mol. The zero-order valence-electron chi connectivity index (χ0n) is 11.4. The minimum absolute atomic E-state index is 0.250. The largest absolute Gasteiger partial charge is 0.378 e. The van der Waals surface area contributed by atoms with Gasteiger partial charge >= 0.3 is 0 Å². The quantitative estimate of drug-likeness (QED) is 0.871. The van der Waals surface area contributed by atoms with Gasteiger partial charge in [-0.1, -0.05) is 30.3 Å². The molecule has 0 saturated carbocycles. The molecule has 1 aliphatic heterocycles. The van der Waals surface area contributed by atoms with E-state index in [0.717, 1.165) is 5.69 Å². The lowest BCUT2D eigenvalue weighted by molar-refractivity contribution is 0.0476. The average Bonchev–Trinajstić information content (AvgIpc) is 2.72. The zero-order valence-corrected chi connectivity index (χ0v) is 11.4. The molecule has 0 aromatic heterocycles. The molecule has 1 amide bonds. The average molecular weight is 268 g/mol. The molecule has 0 saturated heterocycles. The number of hydrogen-bond donors (Lipinski definition) is 2. The lowest BCUT2D eigenvalue weighted by atomic mass is 9.94. The predicted molar refractivity (Wildman–Crippen MR) is 77.7 cm³/mol. The van der Waals surface area contributed by atoms with Crippen molar-refractivity contribution in [3.63, 3.8) is 0 Å². The summed E-state index contributed by atoms with van der Waals surface area (Å²) in [6.45, 7) is 0. The number of nitrogens with one attached hydrogen (secondary N) is 1. The zero-order chi connectivity index (χ0) is 14.3. The summed E-state index contributed by atoms with van der Waals surface area (Å²) >= 11 is 0. The summed E-state index contributed by atoms with van der Waals surface area (Å²) in [5.41, 5.74) is 1.36. The van der Waals surface area contributed by atoms with Crippen molar-refractivity contribution >= 4 is 11.6 Å². The maximum atomic E-state index is 12.0. The van der Waals surface area contributed by atoms with Gasteiger partial charge in [-0.15, -0.1) is 0 Å². The van der Waals surface area contributed by atoms with E-state index in [4.69, 9.17) is 0 Å². The topological polar surface area (TPSA) is 52.6 Å². The van der Waals surface area contributed by atoms with Crippen LogP contribution in [0.25, 0.3) is 0 Å². The smallest absolute Gasteiger partial charge is 0.254 e. The first kappa shape index (κ1) is 12.7. The fourth-order valence-electron chi connectivity index (χ4n) is 2.52. The van der Waals surface area contributed by atoms with Gasteiger partial charge in [0.1, 0.15) is 0 Å². The number of rotatable bonds is 2. The van der Waals surface area contributed by atoms with Gasteiger partial charge in [0.2, 0.25) is 0 Å². The van der Waals surface area contributed by atoms with Gasteiger partial charge in [-0.05, 0) is 18.2 Å². The maximum absolute atomic E-state index is 12.0. The molecule has 2 aromatic carbocycles. The van der Waals surface area contributed by atoms with E-state index in [1.165, 1.54) is 0 Å². The van der Waals surface area contributed by atoms with Crippen molar-refractivity contribution in [1.82, 2.24) is 5.32 Å². The maximum Gasteiger partial charge on any atom is 0.254 e. The third kappa shape index (κ3) is 1.77. The van der Waals surface area contributed by atoms with E-state index in [1.54, 1.807) is 18.2 Å². The summed E-state index contributed by atoms with van der Waals surface area (Å²) in [4.78, 5) is 13.9. The first-order valence-electron chi connectivity index (χ1n) is 6.44. The van der Waals surface area contributed by atoms with E-state index < -0.39 is 5.72 Å². The Labute approximate surface area is 117 Å². The Kier molecular flexibility index (Phi) is 2.76. The van der Waals surface area contributed by atoms with E-state index >= 15 is 0 Å². The molecule has 2 aromatic rings. The van der Waals surface area contributed by atoms with Crippen molar-refractivity contribution in [2.45, 2.75) is 5.72 Å². The standard InChI is InChI=1S/C16H16N2O2/c1-18(2)12-9-7-11(8-10-12)16(20)14-6-4-3-5-13(14)15(19)17-16/h3-10,20H,1-2H3,(H,17,19). The summed E-state index contributed by atoms with van der Waals surface area (Å²) < 4.78 is 0. The van der Waals surface area contributed by atoms with Crippen LogP contribution in [0.2, 0.25) is 0 Å². The lowest BCUT2D eigenvalue weighted by Gasteiger charge is -2.25. The molecule has 0 radical (unpaired) electrons. The number of benzene rings is 2. The number of fused-ring (bicyclic) bond motifs is 1. The second-order valence-corrected chi connectivity index (χ2v) is 5.15. The molecule has 0 fully saturated rings. The molecule has 1 unspecified atom stereocenters. The summed E-state index contributed by atoms with van der Waals surface area (Å²) in [5.74, 6) is -0.250. The van der Waals surface area contributed by atoms with Crippen molar-refractivity contribution in [1.29, 1.82) is 0 Å². The van der Waals surface area contributed by atoms with Gasteiger partial charge in [-0.25, -0.2) is 0 Å². The lowest BCUT2D eigenvalue weighted by Crippen LogP contribution is -2.40. The Hall–Kier alpha value is -2.33. The number of carbonyl (C=O) groups excluding carboxylic acids is 1.